The Labute approximate surface area is 213 Å². The largest absolute Gasteiger partial charge is 0.368 e. The van der Waals surface area contributed by atoms with Gasteiger partial charge >= 0.3 is 0 Å². The maximum absolute atomic E-state index is 6.32. The van der Waals surface area contributed by atoms with E-state index in [0.29, 0.717) is 12.0 Å². The highest BCUT2D eigenvalue weighted by Gasteiger charge is 2.46. The first-order valence-electron chi connectivity index (χ1n) is 13.3. The van der Waals surface area contributed by atoms with Crippen LogP contribution in [-0.4, -0.2) is 30.6 Å². The molecule has 0 bridgehead atoms. The van der Waals surface area contributed by atoms with Crippen molar-refractivity contribution in [3.63, 3.8) is 0 Å². The molecule has 34 heavy (non-hydrogen) atoms. The van der Waals surface area contributed by atoms with Crippen LogP contribution in [0.25, 0.3) is 0 Å². The quantitative estimate of drug-likeness (QED) is 0.318. The Morgan fingerprint density at radius 1 is 1.06 bits per heavy atom. The summed E-state index contributed by atoms with van der Waals surface area (Å²) in [5, 5.41) is 0.821. The number of hydrogen-bond donors (Lipinski definition) is 0. The summed E-state index contributed by atoms with van der Waals surface area (Å²) in [6, 6.07) is 16.3. The van der Waals surface area contributed by atoms with E-state index in [1.54, 1.807) is 0 Å². The van der Waals surface area contributed by atoms with Gasteiger partial charge in [0, 0.05) is 41.9 Å². The molecule has 0 aromatic heterocycles. The molecule has 3 unspecified atom stereocenters. The first-order valence-corrected chi connectivity index (χ1v) is 13.7. The Bertz CT molecular complexity index is 944. The number of rotatable bonds is 10. The second-order valence-corrected chi connectivity index (χ2v) is 11.4. The monoisotopic (exact) mass is 478 g/mol. The Balaban J connectivity index is 1.67. The molecule has 2 nitrogen and oxygen atoms in total. The molecule has 3 atom stereocenters. The standard InChI is InChI=1S/C31H43ClN2/c1-6-16-33(22-26-8-9-26)31(27-10-12-28(32)13-11-27)15-14-30(25(5)21-31)34(17-7-2)29-19-23(3)18-24(4)20-29/h6,10-13,18-20,25-26,30H,1,7-9,14-17,21-22H2,2-5H3. The van der Waals surface area contributed by atoms with Gasteiger partial charge in [-0.3, -0.25) is 4.90 Å². The van der Waals surface area contributed by atoms with Crippen molar-refractivity contribution in [1.82, 2.24) is 4.90 Å². The maximum atomic E-state index is 6.32. The van der Waals surface area contributed by atoms with E-state index in [1.165, 1.54) is 67.4 Å². The molecule has 2 fully saturated rings. The SMILES string of the molecule is C=CCN(CC1CC1)C1(c2ccc(Cl)cc2)CCC(N(CCC)c2cc(C)cc(C)c2)C(C)C1. The van der Waals surface area contributed by atoms with Crippen LogP contribution in [0.15, 0.2) is 55.1 Å². The summed E-state index contributed by atoms with van der Waals surface area (Å²) in [6.07, 6.45) is 9.58. The second-order valence-electron chi connectivity index (χ2n) is 11.0. The van der Waals surface area contributed by atoms with Gasteiger partial charge in [-0.1, -0.05) is 49.7 Å². The van der Waals surface area contributed by atoms with Gasteiger partial charge in [0.05, 0.1) is 0 Å². The average Bonchev–Trinajstić information content (AvgIpc) is 3.61. The maximum Gasteiger partial charge on any atom is 0.0468 e. The van der Waals surface area contributed by atoms with E-state index in [4.69, 9.17) is 11.6 Å². The van der Waals surface area contributed by atoms with E-state index in [2.05, 4.69) is 92.6 Å². The van der Waals surface area contributed by atoms with Crippen LogP contribution < -0.4 is 4.90 Å². The van der Waals surface area contributed by atoms with Gasteiger partial charge in [0.1, 0.15) is 0 Å². The molecule has 0 N–H and O–H groups in total. The van der Waals surface area contributed by atoms with Crippen molar-refractivity contribution in [3.8, 4) is 0 Å². The van der Waals surface area contributed by atoms with Gasteiger partial charge in [0.15, 0.2) is 0 Å². The average molecular weight is 479 g/mol. The first-order chi connectivity index (χ1) is 16.4. The summed E-state index contributed by atoms with van der Waals surface area (Å²) in [4.78, 5) is 5.48. The zero-order valence-corrected chi connectivity index (χ0v) is 22.5. The number of nitrogens with zero attached hydrogens (tertiary/aromatic N) is 2. The number of benzene rings is 2. The number of hydrogen-bond acceptors (Lipinski definition) is 2. The molecule has 3 heteroatoms. The van der Waals surface area contributed by atoms with E-state index >= 15 is 0 Å². The molecule has 2 saturated carbocycles. The Hall–Kier alpha value is -1.77. The third-order valence-electron chi connectivity index (χ3n) is 8.09. The van der Waals surface area contributed by atoms with Crippen molar-refractivity contribution in [2.45, 2.75) is 77.8 Å². The highest BCUT2D eigenvalue weighted by molar-refractivity contribution is 6.30. The molecule has 0 saturated heterocycles. The lowest BCUT2D eigenvalue weighted by Crippen LogP contribution is -2.55. The van der Waals surface area contributed by atoms with Crippen molar-refractivity contribution < 1.29 is 0 Å². The van der Waals surface area contributed by atoms with Gasteiger partial charge in [0.25, 0.3) is 0 Å². The summed E-state index contributed by atoms with van der Waals surface area (Å²) < 4.78 is 0. The lowest BCUT2D eigenvalue weighted by Gasteiger charge is -2.53. The lowest BCUT2D eigenvalue weighted by atomic mass is 9.68. The molecule has 0 heterocycles. The van der Waals surface area contributed by atoms with Crippen molar-refractivity contribution >= 4 is 17.3 Å². The zero-order chi connectivity index (χ0) is 24.3. The summed E-state index contributed by atoms with van der Waals surface area (Å²) in [5.41, 5.74) is 5.60. The van der Waals surface area contributed by atoms with Crippen LogP contribution in [-0.2, 0) is 5.54 Å². The van der Waals surface area contributed by atoms with E-state index < -0.39 is 0 Å². The minimum atomic E-state index is 0.0533. The topological polar surface area (TPSA) is 6.48 Å². The molecule has 0 aliphatic heterocycles. The molecule has 0 radical (unpaired) electrons. The van der Waals surface area contributed by atoms with Gasteiger partial charge in [-0.2, -0.15) is 0 Å². The zero-order valence-electron chi connectivity index (χ0n) is 21.7. The van der Waals surface area contributed by atoms with Crippen LogP contribution in [0.1, 0.15) is 69.1 Å². The Morgan fingerprint density at radius 3 is 2.29 bits per heavy atom. The summed E-state index contributed by atoms with van der Waals surface area (Å²) in [5.74, 6) is 1.44. The van der Waals surface area contributed by atoms with Crippen molar-refractivity contribution in [3.05, 3.63) is 76.8 Å². The van der Waals surface area contributed by atoms with Crippen LogP contribution in [0, 0.1) is 25.7 Å². The molecule has 2 aliphatic rings. The molecule has 0 spiro atoms. The number of halogens is 1. The third kappa shape index (κ3) is 5.55. The van der Waals surface area contributed by atoms with Crippen LogP contribution in [0.4, 0.5) is 5.69 Å². The molecule has 4 rings (SSSR count). The highest BCUT2D eigenvalue weighted by Crippen LogP contribution is 2.48. The summed E-state index contributed by atoms with van der Waals surface area (Å²) in [6.45, 7) is 16.6. The van der Waals surface area contributed by atoms with Gasteiger partial charge < -0.3 is 4.90 Å². The van der Waals surface area contributed by atoms with Crippen molar-refractivity contribution in [2.75, 3.05) is 24.5 Å². The number of anilines is 1. The van der Waals surface area contributed by atoms with Crippen LogP contribution in [0.5, 0.6) is 0 Å². The lowest BCUT2D eigenvalue weighted by molar-refractivity contribution is 0.0260. The molecule has 2 aromatic rings. The second kappa shape index (κ2) is 10.9. The fourth-order valence-corrected chi connectivity index (χ4v) is 6.56. The predicted molar refractivity (Wildman–Crippen MR) is 148 cm³/mol. The Morgan fingerprint density at radius 2 is 1.74 bits per heavy atom. The van der Waals surface area contributed by atoms with Gasteiger partial charge in [-0.25, -0.2) is 0 Å². The summed E-state index contributed by atoms with van der Waals surface area (Å²) >= 11 is 6.32. The molecule has 184 valence electrons. The highest BCUT2D eigenvalue weighted by atomic mass is 35.5. The molecular weight excluding hydrogens is 436 g/mol. The first kappa shape index (κ1) is 25.3. The van der Waals surface area contributed by atoms with Gasteiger partial charge in [-0.15, -0.1) is 6.58 Å². The molecule has 2 aliphatic carbocycles. The number of aryl methyl sites for hydroxylation is 2. The minimum absolute atomic E-state index is 0.0533. The van der Waals surface area contributed by atoms with E-state index in [0.717, 1.165) is 24.0 Å². The molecule has 2 aromatic carbocycles. The normalized spacial score (nSPS) is 24.9. The molecular formula is C31H43ClN2. The smallest absolute Gasteiger partial charge is 0.0468 e. The van der Waals surface area contributed by atoms with Gasteiger partial charge in [0.2, 0.25) is 0 Å². The van der Waals surface area contributed by atoms with Crippen LogP contribution in [0.3, 0.4) is 0 Å². The minimum Gasteiger partial charge on any atom is -0.368 e. The fourth-order valence-electron chi connectivity index (χ4n) is 6.43. The van der Waals surface area contributed by atoms with Crippen molar-refractivity contribution in [1.29, 1.82) is 0 Å². The van der Waals surface area contributed by atoms with E-state index in [9.17, 15) is 0 Å². The van der Waals surface area contributed by atoms with Crippen LogP contribution in [0.2, 0.25) is 5.02 Å². The van der Waals surface area contributed by atoms with E-state index in [1.807, 2.05) is 0 Å². The molecule has 0 amide bonds. The summed E-state index contributed by atoms with van der Waals surface area (Å²) in [7, 11) is 0. The fraction of sp³-hybridized carbons (Fsp3) is 0.548. The predicted octanol–water partition coefficient (Wildman–Crippen LogP) is 8.16. The van der Waals surface area contributed by atoms with Crippen LogP contribution >= 0.6 is 11.6 Å². The van der Waals surface area contributed by atoms with E-state index in [-0.39, 0.29) is 5.54 Å². The Kier molecular flexibility index (Phi) is 8.10. The van der Waals surface area contributed by atoms with Gasteiger partial charge in [-0.05, 0) is 105 Å². The van der Waals surface area contributed by atoms with Crippen molar-refractivity contribution in [2.24, 2.45) is 11.8 Å². The third-order valence-corrected chi connectivity index (χ3v) is 8.34.